The minimum absolute atomic E-state index is 0.0489. The molecule has 0 fully saturated rings. The number of rotatable bonds is 9. The average molecular weight is 375 g/mol. The molecule has 0 aliphatic carbocycles. The molecule has 5 nitrogen and oxygen atoms in total. The molecule has 136 valence electrons. The van der Waals surface area contributed by atoms with Crippen molar-refractivity contribution in [3.8, 4) is 0 Å². The second-order valence-electron chi connectivity index (χ2n) is 6.08. The third-order valence-electron chi connectivity index (χ3n) is 3.80. The monoisotopic (exact) mass is 374 g/mol. The van der Waals surface area contributed by atoms with Gasteiger partial charge in [-0.05, 0) is 44.4 Å². The Hall–Kier alpha value is -1.27. The van der Waals surface area contributed by atoms with Gasteiger partial charge >= 0.3 is 0 Å². The molecule has 1 atom stereocenters. The Labute approximate surface area is 150 Å². The van der Waals surface area contributed by atoms with Crippen molar-refractivity contribution in [2.24, 2.45) is 0 Å². The number of carbonyl (C=O) groups is 1. The van der Waals surface area contributed by atoms with E-state index in [2.05, 4.69) is 12.2 Å². The third kappa shape index (κ3) is 6.32. The van der Waals surface area contributed by atoms with Gasteiger partial charge in [0.25, 0.3) is 0 Å². The van der Waals surface area contributed by atoms with Crippen molar-refractivity contribution in [3.63, 3.8) is 0 Å². The number of amides is 1. The van der Waals surface area contributed by atoms with E-state index in [0.29, 0.717) is 29.1 Å². The number of hydrogen-bond acceptors (Lipinski definition) is 3. The van der Waals surface area contributed by atoms with Crippen LogP contribution in [0.1, 0.15) is 45.1 Å². The minimum atomic E-state index is -3.44. The number of halogens is 1. The molecule has 0 aliphatic rings. The highest BCUT2D eigenvalue weighted by Crippen LogP contribution is 2.28. The van der Waals surface area contributed by atoms with Gasteiger partial charge in [-0.3, -0.25) is 9.10 Å². The van der Waals surface area contributed by atoms with Crippen LogP contribution in [0.3, 0.4) is 0 Å². The van der Waals surface area contributed by atoms with Crippen LogP contribution < -0.4 is 9.62 Å². The molecule has 0 saturated heterocycles. The lowest BCUT2D eigenvalue weighted by Crippen LogP contribution is -2.34. The van der Waals surface area contributed by atoms with E-state index in [1.54, 1.807) is 25.1 Å². The van der Waals surface area contributed by atoms with Gasteiger partial charge < -0.3 is 5.32 Å². The van der Waals surface area contributed by atoms with E-state index in [0.717, 1.165) is 19.1 Å². The first-order valence-corrected chi connectivity index (χ1v) is 10.4. The van der Waals surface area contributed by atoms with Gasteiger partial charge in [0.15, 0.2) is 0 Å². The van der Waals surface area contributed by atoms with Crippen molar-refractivity contribution < 1.29 is 13.2 Å². The Morgan fingerprint density at radius 2 is 2.04 bits per heavy atom. The van der Waals surface area contributed by atoms with E-state index in [-0.39, 0.29) is 18.5 Å². The maximum atomic E-state index is 12.1. The van der Waals surface area contributed by atoms with Gasteiger partial charge in [0.05, 0.1) is 11.9 Å². The van der Waals surface area contributed by atoms with Crippen molar-refractivity contribution >= 4 is 33.2 Å². The minimum Gasteiger partial charge on any atom is -0.354 e. The van der Waals surface area contributed by atoms with Crippen LogP contribution in [0.25, 0.3) is 0 Å². The summed E-state index contributed by atoms with van der Waals surface area (Å²) in [4.78, 5) is 11.9. The van der Waals surface area contributed by atoms with Crippen LogP contribution in [0.4, 0.5) is 5.69 Å². The molecule has 0 spiro atoms. The fourth-order valence-corrected chi connectivity index (χ4v) is 3.75. The SMILES string of the molecule is CCC[C@@H](C)NC(=O)CCCN(c1cccc(Cl)c1C)S(C)(=O)=O. The summed E-state index contributed by atoms with van der Waals surface area (Å²) in [5.74, 6) is -0.0489. The van der Waals surface area contributed by atoms with Crippen LogP contribution in [-0.4, -0.2) is 33.2 Å². The van der Waals surface area contributed by atoms with Crippen molar-refractivity contribution in [1.82, 2.24) is 5.32 Å². The molecule has 7 heteroatoms. The van der Waals surface area contributed by atoms with Gasteiger partial charge in [-0.25, -0.2) is 8.42 Å². The molecule has 0 radical (unpaired) electrons. The van der Waals surface area contributed by atoms with E-state index in [1.807, 2.05) is 6.92 Å². The molecule has 1 aromatic rings. The molecular formula is C17H27ClN2O3S. The molecule has 0 saturated carbocycles. The zero-order valence-corrected chi connectivity index (χ0v) is 16.4. The molecule has 1 N–H and O–H groups in total. The molecule has 24 heavy (non-hydrogen) atoms. The molecule has 0 heterocycles. The topological polar surface area (TPSA) is 66.5 Å². The molecule has 0 aromatic heterocycles. The highest BCUT2D eigenvalue weighted by molar-refractivity contribution is 7.92. The van der Waals surface area contributed by atoms with Crippen LogP contribution in [0.2, 0.25) is 5.02 Å². The zero-order chi connectivity index (χ0) is 18.3. The Kier molecular flexibility index (Phi) is 8.03. The van der Waals surface area contributed by atoms with Crippen LogP contribution in [-0.2, 0) is 14.8 Å². The van der Waals surface area contributed by atoms with E-state index in [1.165, 1.54) is 4.31 Å². The third-order valence-corrected chi connectivity index (χ3v) is 5.39. The van der Waals surface area contributed by atoms with E-state index in [9.17, 15) is 13.2 Å². The molecule has 1 rings (SSSR count). The smallest absolute Gasteiger partial charge is 0.232 e. The lowest BCUT2D eigenvalue weighted by atomic mass is 10.1. The fraction of sp³-hybridized carbons (Fsp3) is 0.588. The maximum absolute atomic E-state index is 12.1. The van der Waals surface area contributed by atoms with Crippen LogP contribution in [0, 0.1) is 6.92 Å². The molecule has 0 unspecified atom stereocenters. The van der Waals surface area contributed by atoms with Gasteiger partial charge in [0, 0.05) is 24.0 Å². The summed E-state index contributed by atoms with van der Waals surface area (Å²) in [7, 11) is -3.44. The number of nitrogens with one attached hydrogen (secondary N) is 1. The second-order valence-corrected chi connectivity index (χ2v) is 8.39. The van der Waals surface area contributed by atoms with E-state index < -0.39 is 10.0 Å². The fourth-order valence-electron chi connectivity index (χ4n) is 2.57. The summed E-state index contributed by atoms with van der Waals surface area (Å²) in [6.45, 7) is 6.07. The summed E-state index contributed by atoms with van der Waals surface area (Å²) in [5, 5.41) is 3.45. The lowest BCUT2D eigenvalue weighted by Gasteiger charge is -2.24. The predicted molar refractivity (Wildman–Crippen MR) is 100 cm³/mol. The predicted octanol–water partition coefficient (Wildman–Crippen LogP) is 3.50. The first-order chi connectivity index (χ1) is 11.2. The summed E-state index contributed by atoms with van der Waals surface area (Å²) in [6.07, 6.45) is 3.85. The van der Waals surface area contributed by atoms with E-state index >= 15 is 0 Å². The number of nitrogens with zero attached hydrogens (tertiary/aromatic N) is 1. The normalized spacial score (nSPS) is 12.7. The summed E-state index contributed by atoms with van der Waals surface area (Å²) >= 11 is 6.09. The first kappa shape index (κ1) is 20.8. The van der Waals surface area contributed by atoms with Gasteiger partial charge in [0.1, 0.15) is 0 Å². The lowest BCUT2D eigenvalue weighted by molar-refractivity contribution is -0.121. The van der Waals surface area contributed by atoms with Gasteiger partial charge in [-0.1, -0.05) is 31.0 Å². The van der Waals surface area contributed by atoms with E-state index in [4.69, 9.17) is 11.6 Å². The zero-order valence-electron chi connectivity index (χ0n) is 14.8. The van der Waals surface area contributed by atoms with Gasteiger partial charge in [-0.15, -0.1) is 0 Å². The summed E-state index contributed by atoms with van der Waals surface area (Å²) in [6, 6.07) is 5.32. The average Bonchev–Trinajstić information content (AvgIpc) is 2.46. The Morgan fingerprint density at radius 1 is 1.38 bits per heavy atom. The Morgan fingerprint density at radius 3 is 2.62 bits per heavy atom. The Bertz CT molecular complexity index is 662. The number of anilines is 1. The highest BCUT2D eigenvalue weighted by Gasteiger charge is 2.20. The van der Waals surface area contributed by atoms with Crippen LogP contribution >= 0.6 is 11.6 Å². The van der Waals surface area contributed by atoms with Crippen molar-refractivity contribution in [1.29, 1.82) is 0 Å². The highest BCUT2D eigenvalue weighted by atomic mass is 35.5. The van der Waals surface area contributed by atoms with Crippen LogP contribution in [0.15, 0.2) is 18.2 Å². The van der Waals surface area contributed by atoms with Crippen molar-refractivity contribution in [2.75, 3.05) is 17.1 Å². The molecule has 1 amide bonds. The molecule has 0 bridgehead atoms. The molecule has 1 aromatic carbocycles. The molecular weight excluding hydrogens is 348 g/mol. The molecule has 0 aliphatic heterocycles. The first-order valence-electron chi connectivity index (χ1n) is 8.19. The van der Waals surface area contributed by atoms with Crippen LogP contribution in [0.5, 0.6) is 0 Å². The summed E-state index contributed by atoms with van der Waals surface area (Å²) in [5.41, 5.74) is 1.27. The Balaban J connectivity index is 2.73. The second kappa shape index (κ2) is 9.28. The number of sulfonamides is 1. The van der Waals surface area contributed by atoms with Gasteiger partial charge in [-0.2, -0.15) is 0 Å². The quantitative estimate of drug-likeness (QED) is 0.719. The largest absolute Gasteiger partial charge is 0.354 e. The van der Waals surface area contributed by atoms with Crippen molar-refractivity contribution in [3.05, 3.63) is 28.8 Å². The maximum Gasteiger partial charge on any atom is 0.232 e. The van der Waals surface area contributed by atoms with Crippen molar-refractivity contribution in [2.45, 2.75) is 52.5 Å². The number of benzene rings is 1. The number of carbonyl (C=O) groups excluding carboxylic acids is 1. The number of hydrogen-bond donors (Lipinski definition) is 1. The standard InChI is InChI=1S/C17H27ClN2O3S/c1-5-8-13(2)19-17(21)11-7-12-20(24(4,22)23)16-10-6-9-15(18)14(16)3/h6,9-10,13H,5,7-8,11-12H2,1-4H3,(H,19,21)/t13-/m1/s1. The summed E-state index contributed by atoms with van der Waals surface area (Å²) < 4.78 is 25.5. The van der Waals surface area contributed by atoms with Gasteiger partial charge in [0.2, 0.25) is 15.9 Å².